The number of nitrogen functional groups attached to an aromatic ring is 1. The summed E-state index contributed by atoms with van der Waals surface area (Å²) in [6, 6.07) is 9.16. The van der Waals surface area contributed by atoms with Crippen molar-refractivity contribution >= 4 is 17.1 Å². The summed E-state index contributed by atoms with van der Waals surface area (Å²) in [5, 5.41) is 13.8. The van der Waals surface area contributed by atoms with Crippen molar-refractivity contribution in [1.82, 2.24) is 4.98 Å². The van der Waals surface area contributed by atoms with Gasteiger partial charge in [-0.05, 0) is 30.2 Å². The molecule has 2 aromatic rings. The van der Waals surface area contributed by atoms with Crippen molar-refractivity contribution in [3.05, 3.63) is 58.4 Å². The van der Waals surface area contributed by atoms with Crippen molar-refractivity contribution in [2.45, 2.75) is 6.42 Å². The molecule has 98 valence electrons. The fourth-order valence-corrected chi connectivity index (χ4v) is 1.71. The van der Waals surface area contributed by atoms with Gasteiger partial charge in [0.25, 0.3) is 0 Å². The first-order valence-corrected chi connectivity index (χ1v) is 5.83. The van der Waals surface area contributed by atoms with Crippen molar-refractivity contribution in [3.8, 4) is 0 Å². The summed E-state index contributed by atoms with van der Waals surface area (Å²) in [6.07, 6.45) is 3.53. The maximum Gasteiger partial charge on any atom is 0.310 e. The Bertz CT molecular complexity index is 569. The van der Waals surface area contributed by atoms with Crippen LogP contribution in [0.25, 0.3) is 0 Å². The Balaban J connectivity index is 1.96. The van der Waals surface area contributed by atoms with Crippen LogP contribution < -0.4 is 11.1 Å². The highest BCUT2D eigenvalue weighted by Gasteiger charge is 2.12. The lowest BCUT2D eigenvalue weighted by Crippen LogP contribution is -2.07. The molecule has 0 aliphatic heterocycles. The van der Waals surface area contributed by atoms with Crippen molar-refractivity contribution in [2.75, 3.05) is 17.6 Å². The van der Waals surface area contributed by atoms with Crippen molar-refractivity contribution in [3.63, 3.8) is 0 Å². The Labute approximate surface area is 110 Å². The number of hydrogen-bond acceptors (Lipinski definition) is 5. The van der Waals surface area contributed by atoms with Gasteiger partial charge in [0.15, 0.2) is 0 Å². The van der Waals surface area contributed by atoms with Gasteiger partial charge in [0.2, 0.25) is 0 Å². The predicted molar refractivity (Wildman–Crippen MR) is 73.9 cm³/mol. The first kappa shape index (κ1) is 12.8. The molecule has 6 heteroatoms. The Morgan fingerprint density at radius 2 is 2.00 bits per heavy atom. The number of nitro groups is 1. The number of hydrogen-bond donors (Lipinski definition) is 2. The zero-order chi connectivity index (χ0) is 13.7. The van der Waals surface area contributed by atoms with Crippen LogP contribution in [0, 0.1) is 10.1 Å². The molecular formula is C13H14N4O2. The molecule has 0 aliphatic rings. The maximum absolute atomic E-state index is 10.8. The van der Waals surface area contributed by atoms with Gasteiger partial charge in [0, 0.05) is 18.4 Å². The second kappa shape index (κ2) is 5.81. The van der Waals surface area contributed by atoms with Crippen LogP contribution in [0.15, 0.2) is 42.7 Å². The molecule has 3 N–H and O–H groups in total. The van der Waals surface area contributed by atoms with E-state index in [2.05, 4.69) is 10.3 Å². The lowest BCUT2D eigenvalue weighted by atomic mass is 10.1. The molecule has 0 unspecified atom stereocenters. The van der Waals surface area contributed by atoms with Gasteiger partial charge in [0.1, 0.15) is 11.9 Å². The third-order valence-corrected chi connectivity index (χ3v) is 2.71. The number of benzene rings is 1. The number of nitrogens with zero attached hydrogens (tertiary/aromatic N) is 2. The average Bonchev–Trinajstić information content (AvgIpc) is 2.41. The van der Waals surface area contributed by atoms with Gasteiger partial charge in [-0.25, -0.2) is 0 Å². The second-order valence-corrected chi connectivity index (χ2v) is 4.07. The molecule has 0 fully saturated rings. The van der Waals surface area contributed by atoms with E-state index in [4.69, 9.17) is 5.73 Å². The Hall–Kier alpha value is -2.63. The van der Waals surface area contributed by atoms with Crippen molar-refractivity contribution < 1.29 is 4.92 Å². The van der Waals surface area contributed by atoms with Crippen LogP contribution in [-0.2, 0) is 6.42 Å². The van der Waals surface area contributed by atoms with E-state index in [-0.39, 0.29) is 5.69 Å². The van der Waals surface area contributed by atoms with Crippen molar-refractivity contribution in [1.29, 1.82) is 0 Å². The third kappa shape index (κ3) is 3.41. The molecule has 1 heterocycles. The summed E-state index contributed by atoms with van der Waals surface area (Å²) < 4.78 is 0. The van der Waals surface area contributed by atoms with Crippen LogP contribution >= 0.6 is 0 Å². The number of rotatable bonds is 5. The van der Waals surface area contributed by atoms with Gasteiger partial charge in [0.05, 0.1) is 4.92 Å². The van der Waals surface area contributed by atoms with Crippen molar-refractivity contribution in [2.24, 2.45) is 0 Å². The smallest absolute Gasteiger partial charge is 0.310 e. The SMILES string of the molecule is Nc1ccc(CCNc2ccncc2[N+](=O)[O-])cc1. The van der Waals surface area contributed by atoms with E-state index in [0.717, 1.165) is 17.7 Å². The molecule has 19 heavy (non-hydrogen) atoms. The van der Waals surface area contributed by atoms with E-state index in [1.165, 1.54) is 12.4 Å². The van der Waals surface area contributed by atoms with Gasteiger partial charge in [-0.2, -0.15) is 0 Å². The number of nitrogens with two attached hydrogens (primary N) is 1. The molecule has 1 aromatic carbocycles. The molecule has 2 rings (SSSR count). The van der Waals surface area contributed by atoms with Gasteiger partial charge < -0.3 is 11.1 Å². The summed E-state index contributed by atoms with van der Waals surface area (Å²) in [7, 11) is 0. The monoisotopic (exact) mass is 258 g/mol. The standard InChI is InChI=1S/C13H14N4O2/c14-11-3-1-10(2-4-11)5-8-16-12-6-7-15-9-13(12)17(18)19/h1-4,6-7,9H,5,8,14H2,(H,15,16). The molecule has 0 aliphatic carbocycles. The zero-order valence-corrected chi connectivity index (χ0v) is 10.2. The number of anilines is 2. The quantitative estimate of drug-likeness (QED) is 0.487. The van der Waals surface area contributed by atoms with Crippen LogP contribution in [0.5, 0.6) is 0 Å². The van der Waals surface area contributed by atoms with E-state index in [1.54, 1.807) is 6.07 Å². The lowest BCUT2D eigenvalue weighted by molar-refractivity contribution is -0.384. The highest BCUT2D eigenvalue weighted by molar-refractivity contribution is 5.59. The molecule has 0 radical (unpaired) electrons. The van der Waals surface area contributed by atoms with Gasteiger partial charge in [-0.1, -0.05) is 12.1 Å². The summed E-state index contributed by atoms with van der Waals surface area (Å²) in [5.41, 5.74) is 7.92. The molecular weight excluding hydrogens is 244 g/mol. The first-order chi connectivity index (χ1) is 9.16. The van der Waals surface area contributed by atoms with Crippen LogP contribution in [0.4, 0.5) is 17.1 Å². The van der Waals surface area contributed by atoms with Crippen LogP contribution in [0.3, 0.4) is 0 Å². The van der Waals surface area contributed by atoms with E-state index >= 15 is 0 Å². The van der Waals surface area contributed by atoms with Gasteiger partial charge in [-0.15, -0.1) is 0 Å². The lowest BCUT2D eigenvalue weighted by Gasteiger charge is -2.06. The maximum atomic E-state index is 10.8. The topological polar surface area (TPSA) is 94.1 Å². The molecule has 0 amide bonds. The van der Waals surface area contributed by atoms with Crippen LogP contribution in [0.1, 0.15) is 5.56 Å². The Kier molecular flexibility index (Phi) is 3.92. The highest BCUT2D eigenvalue weighted by atomic mass is 16.6. The highest BCUT2D eigenvalue weighted by Crippen LogP contribution is 2.21. The first-order valence-electron chi connectivity index (χ1n) is 5.83. The zero-order valence-electron chi connectivity index (χ0n) is 10.2. The normalized spacial score (nSPS) is 10.1. The summed E-state index contributed by atoms with van der Waals surface area (Å²) in [5.74, 6) is 0. The summed E-state index contributed by atoms with van der Waals surface area (Å²) in [4.78, 5) is 14.1. The molecule has 0 saturated carbocycles. The van der Waals surface area contributed by atoms with Gasteiger partial charge >= 0.3 is 5.69 Å². The largest absolute Gasteiger partial charge is 0.399 e. The molecule has 6 nitrogen and oxygen atoms in total. The molecule has 0 spiro atoms. The van der Waals surface area contributed by atoms with Crippen LogP contribution in [0.2, 0.25) is 0 Å². The summed E-state index contributed by atoms with van der Waals surface area (Å²) in [6.45, 7) is 0.606. The fraction of sp³-hybridized carbons (Fsp3) is 0.154. The van der Waals surface area contributed by atoms with Gasteiger partial charge in [-0.3, -0.25) is 15.1 Å². The minimum Gasteiger partial charge on any atom is -0.399 e. The number of nitrogens with one attached hydrogen (secondary N) is 1. The minimum atomic E-state index is -0.446. The molecule has 0 saturated heterocycles. The van der Waals surface area contributed by atoms with Crippen LogP contribution in [-0.4, -0.2) is 16.5 Å². The van der Waals surface area contributed by atoms with E-state index in [9.17, 15) is 10.1 Å². The second-order valence-electron chi connectivity index (χ2n) is 4.07. The van der Waals surface area contributed by atoms with E-state index in [1.807, 2.05) is 24.3 Å². The number of pyridine rings is 1. The molecule has 1 aromatic heterocycles. The molecule has 0 bridgehead atoms. The fourth-order valence-electron chi connectivity index (χ4n) is 1.71. The molecule has 0 atom stereocenters. The average molecular weight is 258 g/mol. The van der Waals surface area contributed by atoms with E-state index in [0.29, 0.717) is 12.2 Å². The third-order valence-electron chi connectivity index (χ3n) is 2.71. The summed E-state index contributed by atoms with van der Waals surface area (Å²) >= 11 is 0. The Morgan fingerprint density at radius 3 is 2.68 bits per heavy atom. The predicted octanol–water partition coefficient (Wildman–Crippen LogP) is 2.23. The number of aromatic nitrogens is 1. The Morgan fingerprint density at radius 1 is 1.26 bits per heavy atom. The minimum absolute atomic E-state index is 0.0141. The van der Waals surface area contributed by atoms with E-state index < -0.39 is 4.92 Å².